The number of carbonyl (C=O) groups excluding carboxylic acids is 1. The second kappa shape index (κ2) is 6.68. The van der Waals surface area contributed by atoms with E-state index in [0.717, 1.165) is 0 Å². The molecule has 0 spiro atoms. The summed E-state index contributed by atoms with van der Waals surface area (Å²) >= 11 is 0. The van der Waals surface area contributed by atoms with Gasteiger partial charge in [-0.2, -0.15) is 0 Å². The van der Waals surface area contributed by atoms with Crippen LogP contribution in [0.3, 0.4) is 0 Å². The van der Waals surface area contributed by atoms with Gasteiger partial charge < -0.3 is 5.11 Å². The van der Waals surface area contributed by atoms with Crippen LogP contribution in [0.25, 0.3) is 5.57 Å². The molecule has 1 aliphatic heterocycles. The zero-order chi connectivity index (χ0) is 19.0. The Hall–Kier alpha value is -3.47. The second-order valence-electron chi connectivity index (χ2n) is 6.20. The number of hydrogen-bond donors (Lipinski definition) is 1. The van der Waals surface area contributed by atoms with E-state index >= 15 is 0 Å². The predicted octanol–water partition coefficient (Wildman–Crippen LogP) is 5.02. The molecule has 3 aromatic rings. The molecule has 3 nitrogen and oxygen atoms in total. The molecule has 27 heavy (non-hydrogen) atoms. The van der Waals surface area contributed by atoms with Gasteiger partial charge in [-0.1, -0.05) is 48.5 Å². The number of halogens is 2. The predicted molar refractivity (Wildman–Crippen MR) is 99.0 cm³/mol. The molecule has 0 radical (unpaired) electrons. The van der Waals surface area contributed by atoms with Crippen molar-refractivity contribution in [1.29, 1.82) is 0 Å². The third-order valence-corrected chi connectivity index (χ3v) is 4.60. The molecule has 5 heteroatoms. The third-order valence-electron chi connectivity index (χ3n) is 4.60. The van der Waals surface area contributed by atoms with E-state index in [-0.39, 0.29) is 5.56 Å². The minimum absolute atomic E-state index is 0.248. The highest BCUT2D eigenvalue weighted by Crippen LogP contribution is 2.45. The topological polar surface area (TPSA) is 40.5 Å². The molecule has 0 aliphatic carbocycles. The van der Waals surface area contributed by atoms with Crippen molar-refractivity contribution in [2.24, 2.45) is 0 Å². The largest absolute Gasteiger partial charge is 0.503 e. The SMILES string of the molecule is O=C1C(O)=C(c2ccccc2)[C@@H](c2ccccc2F)N1c1ccc(F)cc1. The Morgan fingerprint density at radius 1 is 0.815 bits per heavy atom. The first kappa shape index (κ1) is 17.0. The van der Waals surface area contributed by atoms with Crippen LogP contribution in [0.2, 0.25) is 0 Å². The number of rotatable bonds is 3. The zero-order valence-electron chi connectivity index (χ0n) is 14.1. The fraction of sp³-hybridized carbons (Fsp3) is 0.0455. The third kappa shape index (κ3) is 2.87. The van der Waals surface area contributed by atoms with Crippen molar-refractivity contribution in [3.05, 3.63) is 107 Å². The van der Waals surface area contributed by atoms with Crippen molar-refractivity contribution in [1.82, 2.24) is 0 Å². The molecule has 0 unspecified atom stereocenters. The lowest BCUT2D eigenvalue weighted by Gasteiger charge is -2.27. The molecule has 134 valence electrons. The molecule has 1 atom stereocenters. The normalized spacial score (nSPS) is 16.9. The Morgan fingerprint density at radius 3 is 2.11 bits per heavy atom. The molecule has 0 aromatic heterocycles. The molecule has 0 saturated carbocycles. The van der Waals surface area contributed by atoms with E-state index in [2.05, 4.69) is 0 Å². The summed E-state index contributed by atoms with van der Waals surface area (Å²) in [6, 6.07) is 19.4. The Labute approximate surface area is 154 Å². The average molecular weight is 363 g/mol. The van der Waals surface area contributed by atoms with E-state index in [1.807, 2.05) is 6.07 Å². The van der Waals surface area contributed by atoms with Gasteiger partial charge in [-0.3, -0.25) is 9.69 Å². The van der Waals surface area contributed by atoms with Crippen molar-refractivity contribution in [2.75, 3.05) is 4.90 Å². The van der Waals surface area contributed by atoms with Crippen LogP contribution in [0, 0.1) is 11.6 Å². The van der Waals surface area contributed by atoms with Gasteiger partial charge in [0.25, 0.3) is 5.91 Å². The van der Waals surface area contributed by atoms with Crippen molar-refractivity contribution in [3.63, 3.8) is 0 Å². The summed E-state index contributed by atoms with van der Waals surface area (Å²) in [6.07, 6.45) is 0. The maximum atomic E-state index is 14.6. The van der Waals surface area contributed by atoms with Crippen molar-refractivity contribution < 1.29 is 18.7 Å². The van der Waals surface area contributed by atoms with Gasteiger partial charge in [0.1, 0.15) is 11.6 Å². The Bertz CT molecular complexity index is 1030. The summed E-state index contributed by atoms with van der Waals surface area (Å²) in [6.45, 7) is 0. The van der Waals surface area contributed by atoms with Crippen molar-refractivity contribution >= 4 is 17.2 Å². The summed E-state index contributed by atoms with van der Waals surface area (Å²) in [4.78, 5) is 14.2. The number of hydrogen-bond acceptors (Lipinski definition) is 2. The van der Waals surface area contributed by atoms with Crippen molar-refractivity contribution in [2.45, 2.75) is 6.04 Å². The summed E-state index contributed by atoms with van der Waals surface area (Å²) < 4.78 is 28.0. The molecule has 1 N–H and O–H groups in total. The smallest absolute Gasteiger partial charge is 0.294 e. The van der Waals surface area contributed by atoms with Crippen LogP contribution in [0.15, 0.2) is 84.6 Å². The minimum Gasteiger partial charge on any atom is -0.503 e. The number of aliphatic hydroxyl groups is 1. The number of aliphatic hydroxyl groups excluding tert-OH is 1. The number of carbonyl (C=O) groups is 1. The van der Waals surface area contributed by atoms with Crippen LogP contribution < -0.4 is 4.90 Å². The Kier molecular flexibility index (Phi) is 4.20. The summed E-state index contributed by atoms with van der Waals surface area (Å²) in [5.41, 5.74) is 1.54. The number of anilines is 1. The average Bonchev–Trinajstić information content (AvgIpc) is 2.95. The lowest BCUT2D eigenvalue weighted by Crippen LogP contribution is -2.30. The van der Waals surface area contributed by atoms with Gasteiger partial charge in [0.2, 0.25) is 0 Å². The van der Waals surface area contributed by atoms with Crippen LogP contribution in [0.5, 0.6) is 0 Å². The van der Waals surface area contributed by atoms with Gasteiger partial charge in [0.05, 0.1) is 6.04 Å². The van der Waals surface area contributed by atoms with E-state index in [9.17, 15) is 18.7 Å². The zero-order valence-corrected chi connectivity index (χ0v) is 14.1. The summed E-state index contributed by atoms with van der Waals surface area (Å²) in [5, 5.41) is 10.6. The highest BCUT2D eigenvalue weighted by Gasteiger charge is 2.42. The molecular formula is C22H15F2NO2. The Balaban J connectivity index is 1.94. The molecule has 0 bridgehead atoms. The standard InChI is InChI=1S/C22H15F2NO2/c23-15-10-12-16(13-11-15)25-20(17-8-4-5-9-18(17)24)19(21(26)22(25)27)14-6-2-1-3-7-14/h1-13,20,26H/t20-/m1/s1. The quantitative estimate of drug-likeness (QED) is 0.710. The number of nitrogens with zero attached hydrogens (tertiary/aromatic N) is 1. The molecule has 1 heterocycles. The monoisotopic (exact) mass is 363 g/mol. The number of benzene rings is 3. The Morgan fingerprint density at radius 2 is 1.44 bits per heavy atom. The molecule has 0 saturated heterocycles. The first-order valence-corrected chi connectivity index (χ1v) is 8.40. The van der Waals surface area contributed by atoms with E-state index in [4.69, 9.17) is 0 Å². The van der Waals surface area contributed by atoms with Crippen LogP contribution in [0.4, 0.5) is 14.5 Å². The molecule has 3 aromatic carbocycles. The summed E-state index contributed by atoms with van der Waals surface area (Å²) in [7, 11) is 0. The van der Waals surface area contributed by atoms with Crippen LogP contribution in [0.1, 0.15) is 17.2 Å². The minimum atomic E-state index is -0.869. The highest BCUT2D eigenvalue weighted by molar-refractivity contribution is 6.15. The molecule has 0 fully saturated rings. The van der Waals surface area contributed by atoms with Crippen LogP contribution in [-0.4, -0.2) is 11.0 Å². The van der Waals surface area contributed by atoms with Gasteiger partial charge in [-0.25, -0.2) is 8.78 Å². The fourth-order valence-electron chi connectivity index (χ4n) is 3.38. The lowest BCUT2D eigenvalue weighted by molar-refractivity contribution is -0.117. The highest BCUT2D eigenvalue weighted by atomic mass is 19.1. The maximum absolute atomic E-state index is 14.6. The lowest BCUT2D eigenvalue weighted by atomic mass is 9.93. The van der Waals surface area contributed by atoms with Crippen molar-refractivity contribution in [3.8, 4) is 0 Å². The first-order chi connectivity index (χ1) is 13.1. The van der Waals surface area contributed by atoms with Gasteiger partial charge in [0.15, 0.2) is 5.76 Å². The number of amides is 1. The fourth-order valence-corrected chi connectivity index (χ4v) is 3.38. The summed E-state index contributed by atoms with van der Waals surface area (Å²) in [5.74, 6) is -2.05. The van der Waals surface area contributed by atoms with Gasteiger partial charge in [-0.15, -0.1) is 0 Å². The van der Waals surface area contributed by atoms with Crippen LogP contribution >= 0.6 is 0 Å². The van der Waals surface area contributed by atoms with Gasteiger partial charge >= 0.3 is 0 Å². The van der Waals surface area contributed by atoms with Gasteiger partial charge in [0, 0.05) is 16.8 Å². The van der Waals surface area contributed by atoms with E-state index in [0.29, 0.717) is 16.8 Å². The first-order valence-electron chi connectivity index (χ1n) is 8.40. The van der Waals surface area contributed by atoms with E-state index < -0.39 is 29.3 Å². The van der Waals surface area contributed by atoms with E-state index in [1.165, 1.54) is 35.2 Å². The molecule has 1 amide bonds. The molecule has 4 rings (SSSR count). The van der Waals surface area contributed by atoms with E-state index in [1.54, 1.807) is 42.5 Å². The maximum Gasteiger partial charge on any atom is 0.294 e. The van der Waals surface area contributed by atoms with Crippen LogP contribution in [-0.2, 0) is 4.79 Å². The van der Waals surface area contributed by atoms with Gasteiger partial charge in [-0.05, 0) is 35.9 Å². The molecular weight excluding hydrogens is 348 g/mol. The second-order valence-corrected chi connectivity index (χ2v) is 6.20. The molecule has 1 aliphatic rings.